The zero-order chi connectivity index (χ0) is 24.1. The number of carbonyl (C=O) groups is 2. The molecule has 0 spiro atoms. The lowest BCUT2D eigenvalue weighted by Crippen LogP contribution is -2.33. The van der Waals surface area contributed by atoms with E-state index in [9.17, 15) is 9.59 Å². The predicted molar refractivity (Wildman–Crippen MR) is 137 cm³/mol. The molecule has 7 nitrogen and oxygen atoms in total. The fraction of sp³-hybridized carbons (Fsp3) is 0.160. The second-order valence-corrected chi connectivity index (χ2v) is 8.89. The average Bonchev–Trinajstić information content (AvgIpc) is 3.13. The number of rotatable bonds is 7. The number of para-hydroxylation sites is 4. The molecule has 34 heavy (non-hydrogen) atoms. The Morgan fingerprint density at radius 3 is 2.47 bits per heavy atom. The fourth-order valence-electron chi connectivity index (χ4n) is 3.48. The van der Waals surface area contributed by atoms with E-state index in [1.165, 1.54) is 16.7 Å². The van der Waals surface area contributed by atoms with Gasteiger partial charge in [-0.15, -0.1) is 0 Å². The summed E-state index contributed by atoms with van der Waals surface area (Å²) in [4.78, 5) is 32.5. The Labute approximate surface area is 206 Å². The molecule has 0 saturated carbocycles. The predicted octanol–water partition coefficient (Wildman–Crippen LogP) is 5.52. The molecule has 4 rings (SSSR count). The molecular weight excluding hydrogens is 474 g/mol. The molecule has 0 radical (unpaired) electrons. The van der Waals surface area contributed by atoms with E-state index < -0.39 is 5.25 Å². The number of ether oxygens (including phenoxy) is 2. The third-order valence-corrected chi connectivity index (χ3v) is 6.41. The quantitative estimate of drug-likeness (QED) is 0.466. The molecule has 1 fully saturated rings. The van der Waals surface area contributed by atoms with Crippen LogP contribution < -0.4 is 19.7 Å². The topological polar surface area (TPSA) is 80.2 Å². The van der Waals surface area contributed by atoms with Crippen molar-refractivity contribution in [3.8, 4) is 11.5 Å². The number of carbonyl (C=O) groups excluding carboxylic acids is 2. The second kappa shape index (κ2) is 10.6. The third-order valence-electron chi connectivity index (χ3n) is 5.04. The van der Waals surface area contributed by atoms with Crippen LogP contribution in [0.5, 0.6) is 11.5 Å². The Bertz CT molecular complexity index is 1250. The molecule has 1 aliphatic rings. The summed E-state index contributed by atoms with van der Waals surface area (Å²) in [6.07, 6.45) is -0.0351. The molecule has 1 atom stereocenters. The largest absolute Gasteiger partial charge is 0.495 e. The molecular formula is C25H22ClN3O4S. The Kier molecular flexibility index (Phi) is 7.40. The van der Waals surface area contributed by atoms with Crippen LogP contribution in [0.2, 0.25) is 5.02 Å². The van der Waals surface area contributed by atoms with E-state index in [2.05, 4.69) is 5.32 Å². The molecule has 0 aliphatic carbocycles. The van der Waals surface area contributed by atoms with Crippen molar-refractivity contribution in [3.63, 3.8) is 0 Å². The van der Waals surface area contributed by atoms with Crippen LogP contribution in [0.15, 0.2) is 77.8 Å². The molecule has 3 aromatic carbocycles. The summed E-state index contributed by atoms with van der Waals surface area (Å²) in [6, 6.07) is 21.3. The zero-order valence-corrected chi connectivity index (χ0v) is 20.1. The number of anilines is 2. The lowest BCUT2D eigenvalue weighted by atomic mass is 10.2. The standard InChI is InChI=1S/C25H22ClN3O4S/c1-32-20-12-5-3-10-18(20)28-25-29(19-11-4-6-13-21(19)33-2)24(31)22(34-25)15-23(30)27-17-9-7-8-16(26)14-17/h3-14,22H,15H2,1-2H3,(H,27,30). The Morgan fingerprint density at radius 2 is 1.74 bits per heavy atom. The van der Waals surface area contributed by atoms with Gasteiger partial charge in [-0.05, 0) is 42.5 Å². The molecule has 1 unspecified atom stereocenters. The van der Waals surface area contributed by atoms with Gasteiger partial charge in [0, 0.05) is 17.1 Å². The van der Waals surface area contributed by atoms with Gasteiger partial charge in [-0.1, -0.05) is 53.7 Å². The van der Waals surface area contributed by atoms with Gasteiger partial charge in [0.25, 0.3) is 0 Å². The van der Waals surface area contributed by atoms with E-state index in [0.717, 1.165) is 0 Å². The minimum atomic E-state index is -0.669. The van der Waals surface area contributed by atoms with Crippen molar-refractivity contribution >= 4 is 57.4 Å². The van der Waals surface area contributed by atoms with E-state index in [1.807, 2.05) is 24.3 Å². The number of aliphatic imine (C=N–C) groups is 1. The lowest BCUT2D eigenvalue weighted by molar-refractivity contribution is -0.121. The average molecular weight is 496 g/mol. The van der Waals surface area contributed by atoms with Crippen molar-refractivity contribution in [2.75, 3.05) is 24.4 Å². The highest BCUT2D eigenvalue weighted by atomic mass is 35.5. The van der Waals surface area contributed by atoms with Crippen molar-refractivity contribution in [1.29, 1.82) is 0 Å². The Hall–Kier alpha value is -3.49. The lowest BCUT2D eigenvalue weighted by Gasteiger charge is -2.19. The second-order valence-electron chi connectivity index (χ2n) is 7.28. The smallest absolute Gasteiger partial charge is 0.247 e. The van der Waals surface area contributed by atoms with Crippen LogP contribution in [0.4, 0.5) is 17.1 Å². The number of nitrogens with one attached hydrogen (secondary N) is 1. The normalized spacial score (nSPS) is 16.6. The molecule has 1 heterocycles. The number of halogens is 1. The fourth-order valence-corrected chi connectivity index (χ4v) is 4.81. The maximum atomic E-state index is 13.5. The van der Waals surface area contributed by atoms with Crippen LogP contribution >= 0.6 is 23.4 Å². The first-order valence-electron chi connectivity index (χ1n) is 10.4. The first-order chi connectivity index (χ1) is 16.5. The van der Waals surface area contributed by atoms with Crippen molar-refractivity contribution in [2.24, 2.45) is 4.99 Å². The highest BCUT2D eigenvalue weighted by molar-refractivity contribution is 8.16. The van der Waals surface area contributed by atoms with Gasteiger partial charge in [-0.25, -0.2) is 4.99 Å². The molecule has 0 bridgehead atoms. The number of benzene rings is 3. The number of hydrogen-bond acceptors (Lipinski definition) is 6. The van der Waals surface area contributed by atoms with Crippen molar-refractivity contribution < 1.29 is 19.1 Å². The Balaban J connectivity index is 1.66. The molecule has 0 aromatic heterocycles. The monoisotopic (exact) mass is 495 g/mol. The molecule has 1 saturated heterocycles. The van der Waals surface area contributed by atoms with E-state index in [0.29, 0.717) is 38.8 Å². The maximum absolute atomic E-state index is 13.5. The Morgan fingerprint density at radius 1 is 1.03 bits per heavy atom. The summed E-state index contributed by atoms with van der Waals surface area (Å²) in [6.45, 7) is 0. The van der Waals surface area contributed by atoms with Gasteiger partial charge in [-0.3, -0.25) is 14.5 Å². The number of amidine groups is 1. The minimum absolute atomic E-state index is 0.0351. The van der Waals surface area contributed by atoms with Crippen molar-refractivity contribution in [1.82, 2.24) is 0 Å². The number of amides is 2. The van der Waals surface area contributed by atoms with Gasteiger partial charge in [0.1, 0.15) is 22.4 Å². The number of methoxy groups -OCH3 is 2. The van der Waals surface area contributed by atoms with Crippen LogP contribution in [0.25, 0.3) is 0 Å². The van der Waals surface area contributed by atoms with Crippen molar-refractivity contribution in [2.45, 2.75) is 11.7 Å². The van der Waals surface area contributed by atoms with E-state index in [1.54, 1.807) is 62.8 Å². The summed E-state index contributed by atoms with van der Waals surface area (Å²) >= 11 is 7.23. The van der Waals surface area contributed by atoms with Gasteiger partial charge >= 0.3 is 0 Å². The van der Waals surface area contributed by atoms with E-state index in [4.69, 9.17) is 26.1 Å². The third kappa shape index (κ3) is 5.18. The van der Waals surface area contributed by atoms with Gasteiger partial charge in [0.05, 0.1) is 19.9 Å². The molecule has 3 aromatic rings. The molecule has 1 aliphatic heterocycles. The maximum Gasteiger partial charge on any atom is 0.247 e. The summed E-state index contributed by atoms with van der Waals surface area (Å²) in [5.74, 6) is 0.536. The first-order valence-corrected chi connectivity index (χ1v) is 11.7. The van der Waals surface area contributed by atoms with Gasteiger partial charge in [0.15, 0.2) is 5.17 Å². The first kappa shape index (κ1) is 23.7. The number of hydrogen-bond donors (Lipinski definition) is 1. The molecule has 1 N–H and O–H groups in total. The van der Waals surface area contributed by atoms with Crippen LogP contribution in [-0.4, -0.2) is 36.5 Å². The van der Waals surface area contributed by atoms with Crippen LogP contribution in [0, 0.1) is 0 Å². The summed E-state index contributed by atoms with van der Waals surface area (Å²) in [5.41, 5.74) is 1.69. The highest BCUT2D eigenvalue weighted by Gasteiger charge is 2.41. The summed E-state index contributed by atoms with van der Waals surface area (Å²) in [5, 5.41) is 3.07. The van der Waals surface area contributed by atoms with Gasteiger partial charge in [0.2, 0.25) is 11.8 Å². The van der Waals surface area contributed by atoms with E-state index in [-0.39, 0.29) is 18.2 Å². The number of thioether (sulfide) groups is 1. The summed E-state index contributed by atoms with van der Waals surface area (Å²) in [7, 11) is 3.10. The molecule has 9 heteroatoms. The van der Waals surface area contributed by atoms with Crippen LogP contribution in [0.1, 0.15) is 6.42 Å². The molecule has 2 amide bonds. The zero-order valence-electron chi connectivity index (χ0n) is 18.5. The highest BCUT2D eigenvalue weighted by Crippen LogP contribution is 2.40. The molecule has 174 valence electrons. The van der Waals surface area contributed by atoms with Gasteiger partial charge in [-0.2, -0.15) is 0 Å². The number of nitrogens with zero attached hydrogens (tertiary/aromatic N) is 2. The summed E-state index contributed by atoms with van der Waals surface area (Å²) < 4.78 is 10.9. The SMILES string of the molecule is COc1ccccc1N=C1SC(CC(=O)Nc2cccc(Cl)c2)C(=O)N1c1ccccc1OC. The van der Waals surface area contributed by atoms with Gasteiger partial charge < -0.3 is 14.8 Å². The van der Waals surface area contributed by atoms with Crippen LogP contribution in [0.3, 0.4) is 0 Å². The van der Waals surface area contributed by atoms with Crippen molar-refractivity contribution in [3.05, 3.63) is 77.8 Å². The minimum Gasteiger partial charge on any atom is -0.495 e. The van der Waals surface area contributed by atoms with E-state index >= 15 is 0 Å². The van der Waals surface area contributed by atoms with Crippen LogP contribution in [-0.2, 0) is 9.59 Å².